The van der Waals surface area contributed by atoms with Crippen LogP contribution in [0.5, 0.6) is 0 Å². The van der Waals surface area contributed by atoms with Crippen LogP contribution in [-0.4, -0.2) is 44.2 Å². The zero-order valence-electron chi connectivity index (χ0n) is 17.5. The van der Waals surface area contributed by atoms with E-state index in [0.29, 0.717) is 12.6 Å². The highest BCUT2D eigenvalue weighted by molar-refractivity contribution is 5.74. The van der Waals surface area contributed by atoms with Gasteiger partial charge in [-0.2, -0.15) is 0 Å². The summed E-state index contributed by atoms with van der Waals surface area (Å²) in [6.45, 7) is 6.10. The number of carbonyl (C=O) groups excluding carboxylic acids is 1. The number of urea groups is 1. The van der Waals surface area contributed by atoms with E-state index in [0.717, 1.165) is 19.4 Å². The summed E-state index contributed by atoms with van der Waals surface area (Å²) in [4.78, 5) is 14.2. The molecule has 0 aromatic rings. The van der Waals surface area contributed by atoms with Crippen LogP contribution < -0.4 is 10.6 Å². The van der Waals surface area contributed by atoms with Crippen molar-refractivity contribution in [2.24, 2.45) is 0 Å². The number of nitrogens with zero attached hydrogens (tertiary/aromatic N) is 1. The standard InChI is InChI=1S/C21H45N3O/c1-5-7-9-11-13-15-17-20(16-14-12-10-8-6-2)23-21(25)22-18-19-24(3)4/h20H,5-19H2,1-4H3,(H2,22,23,25). The first kappa shape index (κ1) is 24.2. The second kappa shape index (κ2) is 18.0. The summed E-state index contributed by atoms with van der Waals surface area (Å²) in [5, 5.41) is 6.20. The Morgan fingerprint density at radius 1 is 0.800 bits per heavy atom. The molecule has 4 heteroatoms. The van der Waals surface area contributed by atoms with Gasteiger partial charge >= 0.3 is 6.03 Å². The third-order valence-electron chi connectivity index (χ3n) is 4.74. The highest BCUT2D eigenvalue weighted by atomic mass is 16.2. The van der Waals surface area contributed by atoms with Gasteiger partial charge in [-0.1, -0.05) is 84.5 Å². The molecule has 0 spiro atoms. The lowest BCUT2D eigenvalue weighted by molar-refractivity contribution is 0.233. The minimum absolute atomic E-state index is 0.00592. The Balaban J connectivity index is 4.02. The van der Waals surface area contributed by atoms with E-state index in [1.54, 1.807) is 0 Å². The average Bonchev–Trinajstić information content (AvgIpc) is 2.57. The van der Waals surface area contributed by atoms with Gasteiger partial charge in [0.2, 0.25) is 0 Å². The highest BCUT2D eigenvalue weighted by Crippen LogP contribution is 2.14. The van der Waals surface area contributed by atoms with Gasteiger partial charge < -0.3 is 15.5 Å². The van der Waals surface area contributed by atoms with E-state index in [9.17, 15) is 4.79 Å². The fraction of sp³-hybridized carbons (Fsp3) is 0.952. The summed E-state index contributed by atoms with van der Waals surface area (Å²) < 4.78 is 0. The number of amides is 2. The van der Waals surface area contributed by atoms with Crippen LogP contribution in [-0.2, 0) is 0 Å². The van der Waals surface area contributed by atoms with E-state index in [1.807, 2.05) is 14.1 Å². The molecule has 150 valence electrons. The van der Waals surface area contributed by atoms with Crippen molar-refractivity contribution in [3.63, 3.8) is 0 Å². The van der Waals surface area contributed by atoms with Crippen molar-refractivity contribution in [2.75, 3.05) is 27.2 Å². The zero-order valence-corrected chi connectivity index (χ0v) is 17.5. The normalized spacial score (nSPS) is 12.4. The molecule has 0 saturated heterocycles. The molecule has 0 aliphatic rings. The first-order valence-electron chi connectivity index (χ1n) is 10.8. The predicted octanol–water partition coefficient (Wildman–Crippen LogP) is 5.33. The molecule has 1 unspecified atom stereocenters. The Bertz CT molecular complexity index is 295. The number of carbonyl (C=O) groups is 1. The Hall–Kier alpha value is -0.770. The number of nitrogens with one attached hydrogen (secondary N) is 2. The molecule has 25 heavy (non-hydrogen) atoms. The molecule has 1 atom stereocenters. The van der Waals surface area contributed by atoms with Crippen LogP contribution in [0.15, 0.2) is 0 Å². The first-order chi connectivity index (χ1) is 12.1. The Labute approximate surface area is 157 Å². The number of hydrogen-bond acceptors (Lipinski definition) is 2. The fourth-order valence-corrected chi connectivity index (χ4v) is 3.08. The summed E-state index contributed by atoms with van der Waals surface area (Å²) >= 11 is 0. The van der Waals surface area contributed by atoms with Gasteiger partial charge in [0.25, 0.3) is 0 Å². The topological polar surface area (TPSA) is 44.4 Å². The van der Waals surface area contributed by atoms with E-state index in [-0.39, 0.29) is 6.03 Å². The largest absolute Gasteiger partial charge is 0.337 e. The summed E-state index contributed by atoms with van der Waals surface area (Å²) in [6.07, 6.45) is 16.6. The van der Waals surface area contributed by atoms with Crippen LogP contribution in [0.2, 0.25) is 0 Å². The quantitative estimate of drug-likeness (QED) is 0.346. The number of hydrogen-bond donors (Lipinski definition) is 2. The molecule has 2 N–H and O–H groups in total. The summed E-state index contributed by atoms with van der Waals surface area (Å²) in [5.74, 6) is 0. The lowest BCUT2D eigenvalue weighted by Crippen LogP contribution is -2.44. The Kier molecular flexibility index (Phi) is 17.5. The molecule has 0 fully saturated rings. The molecular weight excluding hydrogens is 310 g/mol. The molecule has 0 aromatic carbocycles. The third kappa shape index (κ3) is 17.8. The third-order valence-corrected chi connectivity index (χ3v) is 4.74. The van der Waals surface area contributed by atoms with Crippen molar-refractivity contribution in [3.05, 3.63) is 0 Å². The van der Waals surface area contributed by atoms with Gasteiger partial charge in [0.15, 0.2) is 0 Å². The van der Waals surface area contributed by atoms with Crippen LogP contribution in [0.3, 0.4) is 0 Å². The molecular formula is C21H45N3O. The fourth-order valence-electron chi connectivity index (χ4n) is 3.08. The minimum atomic E-state index is 0.00592. The Morgan fingerprint density at radius 2 is 1.28 bits per heavy atom. The van der Waals surface area contributed by atoms with Crippen LogP contribution in [0.4, 0.5) is 4.79 Å². The molecule has 0 aromatic heterocycles. The maximum absolute atomic E-state index is 12.1. The van der Waals surface area contributed by atoms with Crippen molar-refractivity contribution in [2.45, 2.75) is 103 Å². The SMILES string of the molecule is CCCCCCCCC(CCCCCCC)NC(=O)NCCN(C)C. The summed E-state index contributed by atoms with van der Waals surface area (Å²) in [7, 11) is 4.05. The van der Waals surface area contributed by atoms with Crippen molar-refractivity contribution in [3.8, 4) is 0 Å². The summed E-state index contributed by atoms with van der Waals surface area (Å²) in [6, 6.07) is 0.346. The number of likely N-dealkylation sites (N-methyl/N-ethyl adjacent to an activating group) is 1. The van der Waals surface area contributed by atoms with E-state index in [4.69, 9.17) is 0 Å². The molecule has 0 bridgehead atoms. The summed E-state index contributed by atoms with van der Waals surface area (Å²) in [5.41, 5.74) is 0. The molecule has 2 amide bonds. The van der Waals surface area contributed by atoms with E-state index < -0.39 is 0 Å². The minimum Gasteiger partial charge on any atom is -0.337 e. The van der Waals surface area contributed by atoms with E-state index >= 15 is 0 Å². The second-order valence-corrected chi connectivity index (χ2v) is 7.66. The van der Waals surface area contributed by atoms with Gasteiger partial charge in [0.1, 0.15) is 0 Å². The van der Waals surface area contributed by atoms with Crippen LogP contribution in [0.25, 0.3) is 0 Å². The van der Waals surface area contributed by atoms with Gasteiger partial charge in [0.05, 0.1) is 0 Å². The molecule has 0 aliphatic heterocycles. The lowest BCUT2D eigenvalue weighted by atomic mass is 10.0. The maximum atomic E-state index is 12.1. The van der Waals surface area contributed by atoms with Crippen LogP contribution >= 0.6 is 0 Å². The molecule has 0 saturated carbocycles. The van der Waals surface area contributed by atoms with Gasteiger partial charge in [-0.25, -0.2) is 4.79 Å². The molecule has 0 aliphatic carbocycles. The van der Waals surface area contributed by atoms with Crippen molar-refractivity contribution < 1.29 is 4.79 Å². The van der Waals surface area contributed by atoms with E-state index in [1.165, 1.54) is 70.6 Å². The van der Waals surface area contributed by atoms with Crippen LogP contribution in [0.1, 0.15) is 97.3 Å². The number of unbranched alkanes of at least 4 members (excludes halogenated alkanes) is 9. The Morgan fingerprint density at radius 3 is 1.76 bits per heavy atom. The highest BCUT2D eigenvalue weighted by Gasteiger charge is 2.11. The molecule has 0 radical (unpaired) electrons. The van der Waals surface area contributed by atoms with Gasteiger partial charge in [0, 0.05) is 19.1 Å². The van der Waals surface area contributed by atoms with Crippen molar-refractivity contribution in [1.82, 2.24) is 15.5 Å². The first-order valence-corrected chi connectivity index (χ1v) is 10.8. The van der Waals surface area contributed by atoms with E-state index in [2.05, 4.69) is 29.4 Å². The number of rotatable bonds is 17. The van der Waals surface area contributed by atoms with Gasteiger partial charge in [-0.15, -0.1) is 0 Å². The lowest BCUT2D eigenvalue weighted by Gasteiger charge is -2.20. The molecule has 0 rings (SSSR count). The molecule has 4 nitrogen and oxygen atoms in total. The monoisotopic (exact) mass is 355 g/mol. The maximum Gasteiger partial charge on any atom is 0.315 e. The molecule has 0 heterocycles. The van der Waals surface area contributed by atoms with Gasteiger partial charge in [-0.05, 0) is 26.9 Å². The predicted molar refractivity (Wildman–Crippen MR) is 110 cm³/mol. The van der Waals surface area contributed by atoms with Crippen LogP contribution in [0, 0.1) is 0 Å². The zero-order chi connectivity index (χ0) is 18.8. The average molecular weight is 356 g/mol. The van der Waals surface area contributed by atoms with Crippen molar-refractivity contribution in [1.29, 1.82) is 0 Å². The smallest absolute Gasteiger partial charge is 0.315 e. The van der Waals surface area contributed by atoms with Gasteiger partial charge in [-0.3, -0.25) is 0 Å². The second-order valence-electron chi connectivity index (χ2n) is 7.66. The van der Waals surface area contributed by atoms with Crippen molar-refractivity contribution >= 4 is 6.03 Å².